The van der Waals surface area contributed by atoms with Crippen LogP contribution in [0.1, 0.15) is 40.4 Å². The van der Waals surface area contributed by atoms with E-state index in [1.165, 1.54) is 10.4 Å². The Balaban J connectivity index is 1.77. The van der Waals surface area contributed by atoms with Crippen molar-refractivity contribution < 1.29 is 23.4 Å². The van der Waals surface area contributed by atoms with Crippen molar-refractivity contribution >= 4 is 15.9 Å². The molecule has 0 unspecified atom stereocenters. The Bertz CT molecular complexity index is 1260. The third-order valence-electron chi connectivity index (χ3n) is 6.31. The highest BCUT2D eigenvalue weighted by molar-refractivity contribution is 7.89. The molecular formula is C28H34N2O5S. The van der Waals surface area contributed by atoms with E-state index in [-0.39, 0.29) is 30.2 Å². The number of hydrogen-bond acceptors (Lipinski definition) is 5. The number of phenolic OH excluding ortho intramolecular Hbond substituents is 1. The van der Waals surface area contributed by atoms with Gasteiger partial charge in [-0.15, -0.1) is 0 Å². The van der Waals surface area contributed by atoms with Gasteiger partial charge in [-0.3, -0.25) is 4.79 Å². The van der Waals surface area contributed by atoms with E-state index in [9.17, 15) is 23.4 Å². The molecule has 3 aromatic rings. The van der Waals surface area contributed by atoms with Gasteiger partial charge in [0.15, 0.2) is 0 Å². The number of aliphatic hydroxyl groups is 1. The highest BCUT2D eigenvalue weighted by Gasteiger charge is 2.27. The summed E-state index contributed by atoms with van der Waals surface area (Å²) in [5.41, 5.74) is 2.66. The first-order valence-corrected chi connectivity index (χ1v) is 13.5. The second-order valence-corrected chi connectivity index (χ2v) is 10.8. The zero-order valence-corrected chi connectivity index (χ0v) is 21.7. The van der Waals surface area contributed by atoms with Crippen molar-refractivity contribution in [1.29, 1.82) is 0 Å². The van der Waals surface area contributed by atoms with E-state index >= 15 is 0 Å². The first kappa shape index (κ1) is 27.4. The SMILES string of the molecule is CCN(CC[C@@H](O)[C@H](Cc1ccccc1)NC(=O)c1cccc(O)c1C)S(=O)(=O)c1ccc(C)cc1. The van der Waals surface area contributed by atoms with E-state index in [0.29, 0.717) is 17.5 Å². The van der Waals surface area contributed by atoms with E-state index in [0.717, 1.165) is 11.1 Å². The van der Waals surface area contributed by atoms with Crippen LogP contribution in [-0.4, -0.2) is 54.1 Å². The molecule has 0 saturated carbocycles. The van der Waals surface area contributed by atoms with Crippen molar-refractivity contribution in [2.24, 2.45) is 0 Å². The topological polar surface area (TPSA) is 107 Å². The third-order valence-corrected chi connectivity index (χ3v) is 8.30. The Labute approximate surface area is 213 Å². The van der Waals surface area contributed by atoms with E-state index in [4.69, 9.17) is 0 Å². The fourth-order valence-electron chi connectivity index (χ4n) is 4.05. The van der Waals surface area contributed by atoms with Crippen LogP contribution in [0.15, 0.2) is 77.7 Å². The average molecular weight is 511 g/mol. The summed E-state index contributed by atoms with van der Waals surface area (Å²) in [6.45, 7) is 5.65. The molecule has 0 saturated heterocycles. The predicted molar refractivity (Wildman–Crippen MR) is 140 cm³/mol. The van der Waals surface area contributed by atoms with Crippen LogP contribution in [0.25, 0.3) is 0 Å². The van der Waals surface area contributed by atoms with Crippen molar-refractivity contribution in [3.8, 4) is 5.75 Å². The summed E-state index contributed by atoms with van der Waals surface area (Å²) in [6.07, 6.45) is -0.507. The van der Waals surface area contributed by atoms with Gasteiger partial charge in [0, 0.05) is 24.2 Å². The van der Waals surface area contributed by atoms with Crippen LogP contribution in [0.3, 0.4) is 0 Å². The second kappa shape index (κ2) is 12.2. The number of aliphatic hydroxyl groups excluding tert-OH is 1. The number of amides is 1. The minimum absolute atomic E-state index is 0.0164. The molecule has 36 heavy (non-hydrogen) atoms. The number of nitrogens with zero attached hydrogens (tertiary/aromatic N) is 1. The Morgan fingerprint density at radius 3 is 2.28 bits per heavy atom. The molecule has 0 spiro atoms. The molecule has 0 bridgehead atoms. The molecule has 0 aliphatic carbocycles. The Hall–Kier alpha value is -3.20. The maximum absolute atomic E-state index is 13.1. The molecule has 0 heterocycles. The number of benzene rings is 3. The van der Waals surface area contributed by atoms with E-state index in [1.807, 2.05) is 37.3 Å². The molecule has 3 N–H and O–H groups in total. The Kier molecular flexibility index (Phi) is 9.25. The summed E-state index contributed by atoms with van der Waals surface area (Å²) in [5, 5.41) is 24.0. The van der Waals surface area contributed by atoms with Gasteiger partial charge in [0.05, 0.1) is 17.0 Å². The fraction of sp³-hybridized carbons (Fsp3) is 0.321. The number of aryl methyl sites for hydroxylation is 1. The van der Waals surface area contributed by atoms with Crippen LogP contribution >= 0.6 is 0 Å². The smallest absolute Gasteiger partial charge is 0.252 e. The summed E-state index contributed by atoms with van der Waals surface area (Å²) in [5.74, 6) is -0.397. The molecule has 0 fully saturated rings. The lowest BCUT2D eigenvalue weighted by atomic mass is 9.98. The van der Waals surface area contributed by atoms with Gasteiger partial charge < -0.3 is 15.5 Å². The lowest BCUT2D eigenvalue weighted by molar-refractivity contribution is 0.0800. The number of rotatable bonds is 11. The van der Waals surface area contributed by atoms with E-state index in [2.05, 4.69) is 5.32 Å². The minimum atomic E-state index is -3.72. The molecule has 0 aliphatic heterocycles. The van der Waals surface area contributed by atoms with Gasteiger partial charge in [-0.25, -0.2) is 8.42 Å². The van der Waals surface area contributed by atoms with Gasteiger partial charge in [0.2, 0.25) is 10.0 Å². The first-order valence-electron chi connectivity index (χ1n) is 12.0. The highest BCUT2D eigenvalue weighted by Crippen LogP contribution is 2.21. The molecule has 2 atom stereocenters. The molecule has 192 valence electrons. The lowest BCUT2D eigenvalue weighted by Crippen LogP contribution is -2.46. The van der Waals surface area contributed by atoms with Crippen LogP contribution in [0.4, 0.5) is 0 Å². The average Bonchev–Trinajstić information content (AvgIpc) is 2.86. The van der Waals surface area contributed by atoms with Crippen molar-refractivity contribution in [3.63, 3.8) is 0 Å². The van der Waals surface area contributed by atoms with E-state index in [1.54, 1.807) is 50.2 Å². The van der Waals surface area contributed by atoms with Gasteiger partial charge in [0.25, 0.3) is 5.91 Å². The molecule has 0 radical (unpaired) electrons. The number of nitrogens with one attached hydrogen (secondary N) is 1. The Morgan fingerprint density at radius 2 is 1.64 bits per heavy atom. The lowest BCUT2D eigenvalue weighted by Gasteiger charge is -2.27. The maximum atomic E-state index is 13.1. The third kappa shape index (κ3) is 6.72. The molecule has 7 nitrogen and oxygen atoms in total. The number of aromatic hydroxyl groups is 1. The van der Waals surface area contributed by atoms with Crippen molar-refractivity contribution in [2.45, 2.75) is 50.7 Å². The quantitative estimate of drug-likeness (QED) is 0.364. The molecular weight excluding hydrogens is 476 g/mol. The van der Waals surface area contributed by atoms with Crippen molar-refractivity contribution in [2.75, 3.05) is 13.1 Å². The summed E-state index contributed by atoms with van der Waals surface area (Å²) in [7, 11) is -3.72. The monoisotopic (exact) mass is 510 g/mol. The van der Waals surface area contributed by atoms with Gasteiger partial charge >= 0.3 is 0 Å². The summed E-state index contributed by atoms with van der Waals surface area (Å²) < 4.78 is 27.6. The second-order valence-electron chi connectivity index (χ2n) is 8.89. The summed E-state index contributed by atoms with van der Waals surface area (Å²) >= 11 is 0. The normalized spacial score (nSPS) is 13.4. The molecule has 8 heteroatoms. The maximum Gasteiger partial charge on any atom is 0.252 e. The van der Waals surface area contributed by atoms with Gasteiger partial charge in [-0.1, -0.05) is 61.0 Å². The number of carbonyl (C=O) groups excluding carboxylic acids is 1. The van der Waals surface area contributed by atoms with Crippen LogP contribution in [0.2, 0.25) is 0 Å². The van der Waals surface area contributed by atoms with E-state index < -0.39 is 28.1 Å². The summed E-state index contributed by atoms with van der Waals surface area (Å²) in [6, 6.07) is 20.2. The number of phenols is 1. The van der Waals surface area contributed by atoms with Crippen LogP contribution in [0, 0.1) is 13.8 Å². The van der Waals surface area contributed by atoms with Gasteiger partial charge in [-0.2, -0.15) is 4.31 Å². The molecule has 0 aliphatic rings. The van der Waals surface area contributed by atoms with Gasteiger partial charge in [-0.05, 0) is 56.5 Å². The van der Waals surface area contributed by atoms with Crippen LogP contribution in [-0.2, 0) is 16.4 Å². The zero-order valence-electron chi connectivity index (χ0n) is 20.9. The van der Waals surface area contributed by atoms with Crippen molar-refractivity contribution in [3.05, 3.63) is 95.1 Å². The molecule has 1 amide bonds. The molecule has 0 aromatic heterocycles. The van der Waals surface area contributed by atoms with Gasteiger partial charge in [0.1, 0.15) is 5.75 Å². The molecule has 3 aromatic carbocycles. The number of hydrogen-bond donors (Lipinski definition) is 3. The minimum Gasteiger partial charge on any atom is -0.508 e. The van der Waals surface area contributed by atoms with Crippen molar-refractivity contribution in [1.82, 2.24) is 9.62 Å². The number of carbonyl (C=O) groups is 1. The zero-order chi connectivity index (χ0) is 26.3. The predicted octanol–water partition coefficient (Wildman–Crippen LogP) is 3.81. The highest BCUT2D eigenvalue weighted by atomic mass is 32.2. The van der Waals surface area contributed by atoms with Crippen LogP contribution in [0.5, 0.6) is 5.75 Å². The first-order chi connectivity index (χ1) is 17.1. The van der Waals surface area contributed by atoms with Crippen LogP contribution < -0.4 is 5.32 Å². The largest absolute Gasteiger partial charge is 0.508 e. The molecule has 3 rings (SSSR count). The fourth-order valence-corrected chi connectivity index (χ4v) is 5.52. The number of sulfonamides is 1. The standard InChI is InChI=1S/C28H34N2O5S/c1-4-30(36(34,35)23-15-13-20(2)14-16-23)18-17-27(32)25(19-22-9-6-5-7-10-22)29-28(33)24-11-8-12-26(31)21(24)3/h5-16,25,27,31-32H,4,17-19H2,1-3H3,(H,29,33)/t25-,27+/m0/s1. The Morgan fingerprint density at radius 1 is 0.972 bits per heavy atom. The summed E-state index contributed by atoms with van der Waals surface area (Å²) in [4.78, 5) is 13.3.